The zero-order valence-corrected chi connectivity index (χ0v) is 16.1. The van der Waals surface area contributed by atoms with Crippen LogP contribution in [0.4, 0.5) is 10.9 Å². The lowest BCUT2D eigenvalue weighted by Crippen LogP contribution is -2.30. The van der Waals surface area contributed by atoms with E-state index >= 15 is 0 Å². The van der Waals surface area contributed by atoms with Crippen LogP contribution in [-0.4, -0.2) is 48.1 Å². The van der Waals surface area contributed by atoms with Crippen LogP contribution in [0.15, 0.2) is 35.1 Å². The Kier molecular flexibility index (Phi) is 3.82. The van der Waals surface area contributed by atoms with Gasteiger partial charge in [-0.25, -0.2) is 9.67 Å². The van der Waals surface area contributed by atoms with Crippen LogP contribution in [0.2, 0.25) is 0 Å². The van der Waals surface area contributed by atoms with Crippen LogP contribution in [0.1, 0.15) is 0 Å². The Bertz CT molecular complexity index is 1050. The molecule has 0 bridgehead atoms. The molecule has 2 aromatic heterocycles. The number of rotatable bonds is 3. The summed E-state index contributed by atoms with van der Waals surface area (Å²) in [5, 5.41) is 5.50. The van der Waals surface area contributed by atoms with E-state index in [1.807, 2.05) is 18.2 Å². The molecule has 3 aromatic rings. The smallest absolute Gasteiger partial charge is 0.266 e. The van der Waals surface area contributed by atoms with Crippen LogP contribution in [0.25, 0.3) is 10.2 Å². The lowest BCUT2D eigenvalue weighted by Gasteiger charge is -2.22. The number of aromatic nitrogens is 3. The summed E-state index contributed by atoms with van der Waals surface area (Å²) in [5.41, 5.74) is 0.930. The summed E-state index contributed by atoms with van der Waals surface area (Å²) in [7, 11) is 3.38. The minimum atomic E-state index is -0.0724. The Balaban J connectivity index is 1.32. The first-order chi connectivity index (χ1) is 13.1. The molecule has 0 radical (unpaired) electrons. The number of anilines is 2. The van der Waals surface area contributed by atoms with Crippen molar-refractivity contribution in [1.82, 2.24) is 14.8 Å². The highest BCUT2D eigenvalue weighted by atomic mass is 32.1. The highest BCUT2D eigenvalue weighted by Gasteiger charge is 2.41. The Morgan fingerprint density at radius 1 is 1.07 bits per heavy atom. The highest BCUT2D eigenvalue weighted by molar-refractivity contribution is 7.22. The van der Waals surface area contributed by atoms with Gasteiger partial charge >= 0.3 is 0 Å². The number of methoxy groups -OCH3 is 1. The van der Waals surface area contributed by atoms with Crippen LogP contribution in [0, 0.1) is 11.8 Å². The number of fused-ring (bicyclic) bond motifs is 2. The summed E-state index contributed by atoms with van der Waals surface area (Å²) in [6.45, 7) is 3.99. The quantitative estimate of drug-likeness (QED) is 0.689. The zero-order chi connectivity index (χ0) is 18.5. The summed E-state index contributed by atoms with van der Waals surface area (Å²) >= 11 is 1.75. The van der Waals surface area contributed by atoms with E-state index in [1.54, 1.807) is 31.6 Å². The molecular formula is C19H21N5O2S. The van der Waals surface area contributed by atoms with Crippen LogP contribution >= 0.6 is 11.3 Å². The van der Waals surface area contributed by atoms with Crippen molar-refractivity contribution in [1.29, 1.82) is 0 Å². The number of aryl methyl sites for hydroxylation is 1. The van der Waals surface area contributed by atoms with Gasteiger partial charge in [0.15, 0.2) is 5.13 Å². The standard InChI is InChI=1S/C19H21N5O2S/c1-22-18(25)6-5-17(21-22)23-8-12-10-24(11-13(12)9-23)19-20-15-7-14(26-2)3-4-16(15)27-19/h3-7,12-13H,8-11H2,1-2H3. The van der Waals surface area contributed by atoms with E-state index in [9.17, 15) is 4.79 Å². The molecule has 0 saturated carbocycles. The Labute approximate surface area is 160 Å². The maximum absolute atomic E-state index is 11.6. The number of ether oxygens (including phenoxy) is 1. The molecule has 2 saturated heterocycles. The van der Waals surface area contributed by atoms with Gasteiger partial charge in [0.1, 0.15) is 11.6 Å². The average molecular weight is 383 g/mol. The fraction of sp³-hybridized carbons (Fsp3) is 0.421. The maximum Gasteiger partial charge on any atom is 0.266 e. The zero-order valence-electron chi connectivity index (χ0n) is 15.3. The lowest BCUT2D eigenvalue weighted by molar-refractivity contribution is 0.415. The van der Waals surface area contributed by atoms with Gasteiger partial charge in [-0.1, -0.05) is 11.3 Å². The van der Waals surface area contributed by atoms with Crippen molar-refractivity contribution in [3.63, 3.8) is 0 Å². The van der Waals surface area contributed by atoms with Gasteiger partial charge in [-0.2, -0.15) is 5.10 Å². The number of thiazole rings is 1. The van der Waals surface area contributed by atoms with Crippen molar-refractivity contribution < 1.29 is 4.74 Å². The van der Waals surface area contributed by atoms with Crippen molar-refractivity contribution in [2.24, 2.45) is 18.9 Å². The van der Waals surface area contributed by atoms with E-state index in [4.69, 9.17) is 9.72 Å². The van der Waals surface area contributed by atoms with Gasteiger partial charge in [0.25, 0.3) is 5.56 Å². The normalized spacial score (nSPS) is 21.9. The second kappa shape index (κ2) is 6.23. The monoisotopic (exact) mass is 383 g/mol. The third-order valence-corrected chi connectivity index (χ3v) is 6.71. The SMILES string of the molecule is COc1ccc2sc(N3CC4CN(c5ccc(=O)n(C)n5)CC4C3)nc2c1. The molecule has 2 aliphatic rings. The first kappa shape index (κ1) is 16.6. The van der Waals surface area contributed by atoms with Crippen molar-refractivity contribution in [2.45, 2.75) is 0 Å². The van der Waals surface area contributed by atoms with Gasteiger partial charge in [0.2, 0.25) is 0 Å². The Morgan fingerprint density at radius 3 is 2.52 bits per heavy atom. The summed E-state index contributed by atoms with van der Waals surface area (Å²) in [6, 6.07) is 9.50. The minimum Gasteiger partial charge on any atom is -0.497 e. The van der Waals surface area contributed by atoms with Gasteiger partial charge in [0.05, 0.1) is 17.3 Å². The van der Waals surface area contributed by atoms with Crippen LogP contribution < -0.4 is 20.1 Å². The first-order valence-electron chi connectivity index (χ1n) is 9.09. The van der Waals surface area contributed by atoms with Gasteiger partial charge in [-0.3, -0.25) is 4.79 Å². The van der Waals surface area contributed by atoms with E-state index < -0.39 is 0 Å². The van der Waals surface area contributed by atoms with Gasteiger partial charge in [0, 0.05) is 57.2 Å². The molecule has 0 N–H and O–H groups in total. The fourth-order valence-electron chi connectivity index (χ4n) is 4.15. The number of hydrogen-bond donors (Lipinski definition) is 0. The number of hydrogen-bond acceptors (Lipinski definition) is 7. The average Bonchev–Trinajstić information content (AvgIpc) is 3.35. The van der Waals surface area contributed by atoms with Crippen LogP contribution in [0.5, 0.6) is 5.75 Å². The predicted octanol–water partition coefficient (Wildman–Crippen LogP) is 1.97. The molecule has 0 aliphatic carbocycles. The van der Waals surface area contributed by atoms with E-state index in [-0.39, 0.29) is 5.56 Å². The van der Waals surface area contributed by atoms with Crippen molar-refractivity contribution in [3.8, 4) is 5.75 Å². The molecule has 140 valence electrons. The maximum atomic E-state index is 11.6. The summed E-state index contributed by atoms with van der Waals surface area (Å²) in [4.78, 5) is 21.1. The van der Waals surface area contributed by atoms with E-state index in [0.29, 0.717) is 11.8 Å². The van der Waals surface area contributed by atoms with Gasteiger partial charge in [-0.05, 0) is 18.2 Å². The van der Waals surface area contributed by atoms with Crippen LogP contribution in [0.3, 0.4) is 0 Å². The third kappa shape index (κ3) is 2.84. The molecule has 2 aliphatic heterocycles. The molecule has 4 heterocycles. The summed E-state index contributed by atoms with van der Waals surface area (Å²) < 4.78 is 7.91. The predicted molar refractivity (Wildman–Crippen MR) is 107 cm³/mol. The third-order valence-electron chi connectivity index (χ3n) is 5.61. The topological polar surface area (TPSA) is 63.5 Å². The van der Waals surface area contributed by atoms with E-state index in [0.717, 1.165) is 48.4 Å². The number of benzene rings is 1. The molecule has 2 fully saturated rings. The molecule has 27 heavy (non-hydrogen) atoms. The molecule has 8 heteroatoms. The molecule has 1 aromatic carbocycles. The summed E-state index contributed by atoms with van der Waals surface area (Å²) in [5.74, 6) is 2.94. The van der Waals surface area contributed by atoms with E-state index in [2.05, 4.69) is 21.0 Å². The number of nitrogens with zero attached hydrogens (tertiary/aromatic N) is 5. The van der Waals surface area contributed by atoms with Crippen LogP contribution in [-0.2, 0) is 7.05 Å². The highest BCUT2D eigenvalue weighted by Crippen LogP contribution is 2.38. The van der Waals surface area contributed by atoms with Crippen molar-refractivity contribution in [3.05, 3.63) is 40.7 Å². The summed E-state index contributed by atoms with van der Waals surface area (Å²) in [6.07, 6.45) is 0. The van der Waals surface area contributed by atoms with E-state index in [1.165, 1.54) is 9.38 Å². The van der Waals surface area contributed by atoms with Gasteiger partial charge in [-0.15, -0.1) is 0 Å². The Hall–Kier alpha value is -2.61. The fourth-order valence-corrected chi connectivity index (χ4v) is 5.12. The van der Waals surface area contributed by atoms with Crippen molar-refractivity contribution in [2.75, 3.05) is 43.1 Å². The molecule has 7 nitrogen and oxygen atoms in total. The largest absolute Gasteiger partial charge is 0.497 e. The lowest BCUT2D eigenvalue weighted by atomic mass is 10.0. The molecule has 5 rings (SSSR count). The second-order valence-electron chi connectivity index (χ2n) is 7.31. The second-order valence-corrected chi connectivity index (χ2v) is 8.32. The molecule has 0 amide bonds. The molecule has 0 spiro atoms. The van der Waals surface area contributed by atoms with Gasteiger partial charge < -0.3 is 14.5 Å². The van der Waals surface area contributed by atoms with Crippen molar-refractivity contribution >= 4 is 32.5 Å². The minimum absolute atomic E-state index is 0.0724. The molecule has 2 atom stereocenters. The molecular weight excluding hydrogens is 362 g/mol. The Morgan fingerprint density at radius 2 is 1.81 bits per heavy atom. The molecule has 2 unspecified atom stereocenters. The first-order valence-corrected chi connectivity index (χ1v) is 9.91.